The second kappa shape index (κ2) is 4.05. The van der Waals surface area contributed by atoms with E-state index in [9.17, 15) is 9.59 Å². The summed E-state index contributed by atoms with van der Waals surface area (Å²) in [7, 11) is 0. The molecular formula is C9H14Br2N2O2. The fourth-order valence-electron chi connectivity index (χ4n) is 0.953. The topological polar surface area (TPSA) is 58.2 Å². The van der Waals surface area contributed by atoms with Crippen LogP contribution < -0.4 is 10.9 Å². The normalized spacial score (nSPS) is 29.5. The minimum atomic E-state index is -0.682. The Kier molecular flexibility index (Phi) is 3.50. The van der Waals surface area contributed by atoms with Gasteiger partial charge in [0.15, 0.2) is 0 Å². The van der Waals surface area contributed by atoms with E-state index >= 15 is 0 Å². The van der Waals surface area contributed by atoms with Crippen LogP contribution in [0.3, 0.4) is 0 Å². The molecule has 1 rings (SSSR count). The quantitative estimate of drug-likeness (QED) is 0.590. The predicted molar refractivity (Wildman–Crippen MR) is 64.7 cm³/mol. The van der Waals surface area contributed by atoms with Crippen LogP contribution in [0.15, 0.2) is 0 Å². The Hall–Kier alpha value is -0.100. The van der Waals surface area contributed by atoms with Gasteiger partial charge in [-0.2, -0.15) is 0 Å². The van der Waals surface area contributed by atoms with Gasteiger partial charge in [0, 0.05) is 4.83 Å². The third kappa shape index (κ3) is 2.93. The van der Waals surface area contributed by atoms with Gasteiger partial charge in [0.25, 0.3) is 5.91 Å². The van der Waals surface area contributed by atoms with Crippen molar-refractivity contribution in [2.75, 3.05) is 0 Å². The van der Waals surface area contributed by atoms with Crippen LogP contribution in [0.4, 0.5) is 0 Å². The van der Waals surface area contributed by atoms with Gasteiger partial charge in [-0.05, 0) is 27.2 Å². The summed E-state index contributed by atoms with van der Waals surface area (Å²) in [5, 5.41) is 0. The van der Waals surface area contributed by atoms with Crippen LogP contribution in [0.25, 0.3) is 0 Å². The SMILES string of the molecule is CC(C)(Br)C(=O)NNC(=O)[C@@]1(C)C[C@@H]1Br. The molecule has 0 saturated heterocycles. The molecule has 4 nitrogen and oxygen atoms in total. The van der Waals surface area contributed by atoms with Gasteiger partial charge in [-0.15, -0.1) is 0 Å². The molecule has 0 aliphatic heterocycles. The molecule has 0 aromatic rings. The maximum absolute atomic E-state index is 11.6. The molecule has 86 valence electrons. The smallest absolute Gasteiger partial charge is 0.254 e. The van der Waals surface area contributed by atoms with Crippen molar-refractivity contribution >= 4 is 43.7 Å². The molecule has 2 atom stereocenters. The fourth-order valence-corrected chi connectivity index (χ4v) is 1.93. The van der Waals surface area contributed by atoms with Crippen LogP contribution >= 0.6 is 31.9 Å². The highest BCUT2D eigenvalue weighted by Crippen LogP contribution is 2.51. The molecule has 1 saturated carbocycles. The van der Waals surface area contributed by atoms with Gasteiger partial charge in [-0.25, -0.2) is 0 Å². The van der Waals surface area contributed by atoms with Crippen molar-refractivity contribution in [2.45, 2.75) is 36.3 Å². The monoisotopic (exact) mass is 340 g/mol. The largest absolute Gasteiger partial charge is 0.273 e. The van der Waals surface area contributed by atoms with Crippen LogP contribution in [0.1, 0.15) is 27.2 Å². The number of carbonyl (C=O) groups excluding carboxylic acids is 2. The van der Waals surface area contributed by atoms with Crippen LogP contribution in [0.2, 0.25) is 0 Å². The summed E-state index contributed by atoms with van der Waals surface area (Å²) in [5.41, 5.74) is 4.42. The summed E-state index contributed by atoms with van der Waals surface area (Å²) in [6.45, 7) is 5.27. The lowest BCUT2D eigenvalue weighted by atomic mass is 10.1. The maximum Gasteiger partial charge on any atom is 0.254 e. The second-order valence-corrected chi connectivity index (χ2v) is 7.56. The zero-order valence-corrected chi connectivity index (χ0v) is 12.0. The molecule has 15 heavy (non-hydrogen) atoms. The van der Waals surface area contributed by atoms with Crippen molar-refractivity contribution in [1.82, 2.24) is 10.9 Å². The molecule has 0 aromatic heterocycles. The Labute approximate surface area is 106 Å². The molecule has 0 spiro atoms. The molecule has 0 unspecified atom stereocenters. The molecule has 0 bridgehead atoms. The van der Waals surface area contributed by atoms with Gasteiger partial charge >= 0.3 is 0 Å². The van der Waals surface area contributed by atoms with E-state index in [1.807, 2.05) is 6.92 Å². The van der Waals surface area contributed by atoms with E-state index in [0.717, 1.165) is 6.42 Å². The highest BCUT2D eigenvalue weighted by atomic mass is 79.9. The minimum absolute atomic E-state index is 0.158. The summed E-state index contributed by atoms with van der Waals surface area (Å²) in [6, 6.07) is 0. The van der Waals surface area contributed by atoms with Gasteiger partial charge in [-0.3, -0.25) is 20.4 Å². The van der Waals surface area contributed by atoms with E-state index in [1.165, 1.54) is 0 Å². The van der Waals surface area contributed by atoms with E-state index < -0.39 is 4.32 Å². The number of halogens is 2. The summed E-state index contributed by atoms with van der Waals surface area (Å²) < 4.78 is -0.682. The average Bonchev–Trinajstić information content (AvgIpc) is 2.69. The number of rotatable bonds is 2. The number of nitrogens with one attached hydrogen (secondary N) is 2. The van der Waals surface area contributed by atoms with Crippen molar-refractivity contribution in [2.24, 2.45) is 5.41 Å². The number of hydrogen-bond donors (Lipinski definition) is 2. The Morgan fingerprint density at radius 2 is 1.87 bits per heavy atom. The lowest BCUT2D eigenvalue weighted by Gasteiger charge is -2.17. The Balaban J connectivity index is 2.39. The average molecular weight is 342 g/mol. The lowest BCUT2D eigenvalue weighted by molar-refractivity contribution is -0.132. The zero-order valence-electron chi connectivity index (χ0n) is 8.86. The molecule has 1 aliphatic carbocycles. The number of amides is 2. The molecule has 6 heteroatoms. The fraction of sp³-hybridized carbons (Fsp3) is 0.778. The van der Waals surface area contributed by atoms with Crippen molar-refractivity contribution in [3.05, 3.63) is 0 Å². The summed E-state index contributed by atoms with van der Waals surface area (Å²) in [5.74, 6) is -0.430. The van der Waals surface area contributed by atoms with E-state index in [-0.39, 0.29) is 22.1 Å². The summed E-state index contributed by atoms with van der Waals surface area (Å²) in [6.07, 6.45) is 0.798. The third-order valence-electron chi connectivity index (χ3n) is 2.48. The van der Waals surface area contributed by atoms with E-state index in [0.29, 0.717) is 0 Å². The Morgan fingerprint density at radius 3 is 2.20 bits per heavy atom. The number of carbonyl (C=O) groups is 2. The van der Waals surface area contributed by atoms with Gasteiger partial charge in [0.1, 0.15) is 4.32 Å². The van der Waals surface area contributed by atoms with Gasteiger partial charge < -0.3 is 0 Å². The van der Waals surface area contributed by atoms with E-state index in [2.05, 4.69) is 42.7 Å². The number of hydrazine groups is 1. The Bertz CT molecular complexity index is 301. The maximum atomic E-state index is 11.6. The second-order valence-electron chi connectivity index (χ2n) is 4.47. The molecule has 0 heterocycles. The molecule has 1 fully saturated rings. The first-order valence-electron chi connectivity index (χ1n) is 4.62. The highest BCUT2D eigenvalue weighted by molar-refractivity contribution is 9.10. The van der Waals surface area contributed by atoms with E-state index in [1.54, 1.807) is 13.8 Å². The highest BCUT2D eigenvalue weighted by Gasteiger charge is 2.54. The third-order valence-corrected chi connectivity index (χ3v) is 4.18. The zero-order chi connectivity index (χ0) is 11.9. The predicted octanol–water partition coefficient (Wildman–Crippen LogP) is 1.48. The van der Waals surface area contributed by atoms with Crippen LogP contribution in [-0.2, 0) is 9.59 Å². The first-order valence-corrected chi connectivity index (χ1v) is 6.32. The van der Waals surface area contributed by atoms with Gasteiger partial charge in [-0.1, -0.05) is 31.9 Å². The van der Waals surface area contributed by atoms with Gasteiger partial charge in [0.05, 0.1) is 5.41 Å². The molecule has 0 radical (unpaired) electrons. The first-order chi connectivity index (χ1) is 6.68. The van der Waals surface area contributed by atoms with Crippen molar-refractivity contribution in [3.63, 3.8) is 0 Å². The molecule has 2 N–H and O–H groups in total. The van der Waals surface area contributed by atoms with Crippen molar-refractivity contribution < 1.29 is 9.59 Å². The molecule has 0 aromatic carbocycles. The number of alkyl halides is 2. The van der Waals surface area contributed by atoms with Crippen LogP contribution in [0.5, 0.6) is 0 Å². The summed E-state index contributed by atoms with van der Waals surface area (Å²) >= 11 is 6.57. The van der Waals surface area contributed by atoms with Crippen LogP contribution in [0, 0.1) is 5.41 Å². The standard InChI is InChI=1S/C9H14Br2N2O2/c1-8(2,11)6(14)12-13-7(15)9(3)4-5(9)10/h5H,4H2,1-3H3,(H,12,14)(H,13,15)/t5-,9-/m0/s1. The lowest BCUT2D eigenvalue weighted by Crippen LogP contribution is -2.50. The molecule has 1 aliphatic rings. The Morgan fingerprint density at radius 1 is 1.40 bits per heavy atom. The van der Waals surface area contributed by atoms with Crippen LogP contribution in [-0.4, -0.2) is 21.0 Å². The molecule has 2 amide bonds. The van der Waals surface area contributed by atoms with E-state index in [4.69, 9.17) is 0 Å². The molecular weight excluding hydrogens is 328 g/mol. The van der Waals surface area contributed by atoms with Crippen molar-refractivity contribution in [3.8, 4) is 0 Å². The first kappa shape index (κ1) is 13.0. The summed E-state index contributed by atoms with van der Waals surface area (Å²) in [4.78, 5) is 23.2. The van der Waals surface area contributed by atoms with Crippen molar-refractivity contribution in [1.29, 1.82) is 0 Å². The minimum Gasteiger partial charge on any atom is -0.273 e. The number of hydrogen-bond acceptors (Lipinski definition) is 2. The van der Waals surface area contributed by atoms with Gasteiger partial charge in [0.2, 0.25) is 5.91 Å².